The number of carbonyl (C=O) groups excluding carboxylic acids is 1. The highest BCUT2D eigenvalue weighted by Crippen LogP contribution is 2.42. The molecule has 4 heteroatoms. The van der Waals surface area contributed by atoms with Crippen LogP contribution in [-0.2, 0) is 9.53 Å². The number of hydrogen-bond donors (Lipinski definition) is 0. The Morgan fingerprint density at radius 1 is 0.846 bits per heavy atom. The molecular formula is C22H32O2Si2. The Hall–Kier alpha value is -1.66. The van der Waals surface area contributed by atoms with E-state index >= 15 is 0 Å². The number of carbonyl (C=O) groups is 1. The predicted octanol–water partition coefficient (Wildman–Crippen LogP) is 4.54. The van der Waals surface area contributed by atoms with Gasteiger partial charge in [-0.15, -0.1) is 0 Å². The summed E-state index contributed by atoms with van der Waals surface area (Å²) in [6.07, 6.45) is 0.509. The van der Waals surface area contributed by atoms with Crippen molar-refractivity contribution in [3.63, 3.8) is 0 Å². The molecule has 2 nitrogen and oxygen atoms in total. The minimum absolute atomic E-state index is 0.0868. The summed E-state index contributed by atoms with van der Waals surface area (Å²) in [5, 5.41) is 2.87. The average Bonchev–Trinajstić information content (AvgIpc) is 2.66. The van der Waals surface area contributed by atoms with Crippen molar-refractivity contribution in [1.82, 2.24) is 0 Å². The predicted molar refractivity (Wildman–Crippen MR) is 117 cm³/mol. The number of methoxy groups -OCH3 is 1. The first-order valence-corrected chi connectivity index (χ1v) is 15.5. The van der Waals surface area contributed by atoms with Crippen LogP contribution in [0, 0.1) is 0 Å². The van der Waals surface area contributed by atoms with Crippen molar-refractivity contribution in [3.8, 4) is 0 Å². The van der Waals surface area contributed by atoms with E-state index in [0.29, 0.717) is 17.5 Å². The van der Waals surface area contributed by atoms with Crippen molar-refractivity contribution in [2.24, 2.45) is 0 Å². The standard InChI is InChI=1S/C22H32O2Si2/c1-18(25(3,4)19-13-9-7-10-14-19)21(17-22(23)24-2)26(5,6)20-15-11-8-12-16-20/h7-16,18,21H,17H2,1-6H3/t18-,21-/m0/s1. The van der Waals surface area contributed by atoms with Crippen LogP contribution < -0.4 is 10.4 Å². The van der Waals surface area contributed by atoms with Crippen LogP contribution in [0.25, 0.3) is 0 Å². The van der Waals surface area contributed by atoms with Crippen LogP contribution in [0.1, 0.15) is 13.3 Å². The molecule has 2 atom stereocenters. The van der Waals surface area contributed by atoms with Crippen LogP contribution in [0.15, 0.2) is 60.7 Å². The Kier molecular flexibility index (Phi) is 6.64. The zero-order chi connectivity index (χ0) is 19.4. The molecule has 2 aromatic carbocycles. The second-order valence-corrected chi connectivity index (χ2v) is 18.0. The van der Waals surface area contributed by atoms with Gasteiger partial charge in [-0.2, -0.15) is 0 Å². The van der Waals surface area contributed by atoms with Gasteiger partial charge in [0.25, 0.3) is 0 Å². The first kappa shape index (κ1) is 20.7. The fraction of sp³-hybridized carbons (Fsp3) is 0.409. The fourth-order valence-electron chi connectivity index (χ4n) is 4.04. The zero-order valence-electron chi connectivity index (χ0n) is 17.0. The summed E-state index contributed by atoms with van der Waals surface area (Å²) in [6, 6.07) is 21.6. The van der Waals surface area contributed by atoms with Gasteiger partial charge in [0.1, 0.15) is 0 Å². The van der Waals surface area contributed by atoms with Gasteiger partial charge < -0.3 is 4.74 Å². The lowest BCUT2D eigenvalue weighted by Crippen LogP contribution is -2.55. The number of benzene rings is 2. The van der Waals surface area contributed by atoms with E-state index in [1.54, 1.807) is 0 Å². The molecule has 2 aromatic rings. The minimum atomic E-state index is -1.86. The van der Waals surface area contributed by atoms with Gasteiger partial charge in [0.05, 0.1) is 23.3 Å². The topological polar surface area (TPSA) is 26.3 Å². The quantitative estimate of drug-likeness (QED) is 0.517. The Bertz CT molecular complexity index is 711. The van der Waals surface area contributed by atoms with Crippen molar-refractivity contribution in [2.45, 2.75) is 50.6 Å². The maximum Gasteiger partial charge on any atom is 0.305 e. The van der Waals surface area contributed by atoms with E-state index in [9.17, 15) is 4.79 Å². The fourth-order valence-corrected chi connectivity index (χ4v) is 12.6. The van der Waals surface area contributed by atoms with Gasteiger partial charge in [-0.1, -0.05) is 104 Å². The van der Waals surface area contributed by atoms with E-state index in [1.165, 1.54) is 17.5 Å². The van der Waals surface area contributed by atoms with Gasteiger partial charge in [0, 0.05) is 6.42 Å². The molecule has 0 fully saturated rings. The van der Waals surface area contributed by atoms with E-state index in [-0.39, 0.29) is 5.97 Å². The van der Waals surface area contributed by atoms with Gasteiger partial charge in [-0.3, -0.25) is 4.79 Å². The molecule has 0 bridgehead atoms. The lowest BCUT2D eigenvalue weighted by molar-refractivity contribution is -0.140. The third kappa shape index (κ3) is 4.36. The third-order valence-electron chi connectivity index (χ3n) is 6.32. The first-order chi connectivity index (χ1) is 12.2. The summed E-state index contributed by atoms with van der Waals surface area (Å²) in [5.41, 5.74) is 0.824. The van der Waals surface area contributed by atoms with Crippen LogP contribution in [-0.4, -0.2) is 29.2 Å². The molecule has 0 heterocycles. The number of rotatable bonds is 7. The summed E-state index contributed by atoms with van der Waals surface area (Å²) in [6.45, 7) is 12.0. The van der Waals surface area contributed by atoms with E-state index in [0.717, 1.165) is 0 Å². The first-order valence-electron chi connectivity index (χ1n) is 9.39. The molecular weight excluding hydrogens is 352 g/mol. The number of hydrogen-bond acceptors (Lipinski definition) is 2. The smallest absolute Gasteiger partial charge is 0.305 e. The molecule has 0 aromatic heterocycles. The van der Waals surface area contributed by atoms with Gasteiger partial charge >= 0.3 is 5.97 Å². The molecule has 0 aliphatic heterocycles. The molecule has 0 unspecified atom stereocenters. The number of esters is 1. The summed E-state index contributed by atoms with van der Waals surface area (Å²) in [5.74, 6) is -0.0868. The van der Waals surface area contributed by atoms with Gasteiger partial charge in [0.2, 0.25) is 0 Å². The Morgan fingerprint density at radius 2 is 1.27 bits per heavy atom. The van der Waals surface area contributed by atoms with Crippen LogP contribution in [0.3, 0.4) is 0 Å². The van der Waals surface area contributed by atoms with Gasteiger partial charge in [-0.05, 0) is 11.1 Å². The molecule has 0 amide bonds. The molecule has 0 saturated heterocycles. The minimum Gasteiger partial charge on any atom is -0.469 e. The van der Waals surface area contributed by atoms with Gasteiger partial charge in [0.15, 0.2) is 0 Å². The largest absolute Gasteiger partial charge is 0.469 e. The summed E-state index contributed by atoms with van der Waals surface area (Å²) in [4.78, 5) is 12.3. The monoisotopic (exact) mass is 384 g/mol. The molecule has 26 heavy (non-hydrogen) atoms. The lowest BCUT2D eigenvalue weighted by atomic mass is 10.2. The highest BCUT2D eigenvalue weighted by atomic mass is 28.3. The maximum atomic E-state index is 12.3. The third-order valence-corrected chi connectivity index (χ3v) is 15.5. The number of ether oxygens (including phenoxy) is 1. The van der Waals surface area contributed by atoms with Crippen molar-refractivity contribution in [3.05, 3.63) is 60.7 Å². The normalized spacial score (nSPS) is 14.5. The van der Waals surface area contributed by atoms with Crippen molar-refractivity contribution >= 4 is 32.5 Å². The van der Waals surface area contributed by atoms with E-state index in [4.69, 9.17) is 4.74 Å². The highest BCUT2D eigenvalue weighted by molar-refractivity contribution is 6.96. The van der Waals surface area contributed by atoms with Crippen LogP contribution in [0.4, 0.5) is 0 Å². The Morgan fingerprint density at radius 3 is 1.69 bits per heavy atom. The molecule has 0 radical (unpaired) electrons. The molecule has 140 valence electrons. The van der Waals surface area contributed by atoms with E-state index in [2.05, 4.69) is 93.8 Å². The summed E-state index contributed by atoms with van der Waals surface area (Å²) in [7, 11) is -2.10. The Balaban J connectivity index is 2.45. The van der Waals surface area contributed by atoms with E-state index < -0.39 is 16.1 Å². The SMILES string of the molecule is COC(=O)C[C@@H]([C@H](C)[Si](C)(C)c1ccccc1)[Si](C)(C)c1ccccc1. The molecule has 0 aliphatic carbocycles. The molecule has 0 aliphatic rings. The van der Waals surface area contributed by atoms with Crippen LogP contribution in [0.5, 0.6) is 0 Å². The van der Waals surface area contributed by atoms with Crippen molar-refractivity contribution in [2.75, 3.05) is 7.11 Å². The zero-order valence-corrected chi connectivity index (χ0v) is 19.0. The molecule has 0 saturated carbocycles. The second-order valence-electron chi connectivity index (χ2n) is 8.35. The van der Waals surface area contributed by atoms with Crippen molar-refractivity contribution in [1.29, 1.82) is 0 Å². The van der Waals surface area contributed by atoms with Crippen LogP contribution in [0.2, 0.25) is 37.3 Å². The average molecular weight is 385 g/mol. The maximum absolute atomic E-state index is 12.3. The van der Waals surface area contributed by atoms with Gasteiger partial charge in [-0.25, -0.2) is 0 Å². The highest BCUT2D eigenvalue weighted by Gasteiger charge is 2.45. The Labute approximate surface area is 160 Å². The van der Waals surface area contributed by atoms with Crippen molar-refractivity contribution < 1.29 is 9.53 Å². The second kappa shape index (κ2) is 8.36. The molecule has 2 rings (SSSR count). The van der Waals surface area contributed by atoms with E-state index in [1.807, 2.05) is 0 Å². The summed E-state index contributed by atoms with van der Waals surface area (Å²) >= 11 is 0. The van der Waals surface area contributed by atoms with Crippen LogP contribution >= 0.6 is 0 Å². The summed E-state index contributed by atoms with van der Waals surface area (Å²) < 4.78 is 5.08. The lowest BCUT2D eigenvalue weighted by Gasteiger charge is -2.43. The molecule has 0 spiro atoms. The molecule has 0 N–H and O–H groups in total.